The molecule has 1 aliphatic heterocycles. The van der Waals surface area contributed by atoms with Crippen LogP contribution >= 0.6 is 0 Å². The zero-order chi connectivity index (χ0) is 10.0. The Bertz CT molecular complexity index is 321. The van der Waals surface area contributed by atoms with Crippen LogP contribution in [0.1, 0.15) is 27.2 Å². The molecule has 0 fully saturated rings. The van der Waals surface area contributed by atoms with E-state index in [-0.39, 0.29) is 0 Å². The summed E-state index contributed by atoms with van der Waals surface area (Å²) in [5.41, 5.74) is 1.85. The molecule has 13 heavy (non-hydrogen) atoms. The van der Waals surface area contributed by atoms with Gasteiger partial charge in [-0.1, -0.05) is 12.5 Å². The van der Waals surface area contributed by atoms with E-state index < -0.39 is 11.9 Å². The van der Waals surface area contributed by atoms with Gasteiger partial charge in [0.15, 0.2) is 0 Å². The number of carbonyl (C=O) groups is 2. The molecule has 0 unspecified atom stereocenters. The first-order chi connectivity index (χ1) is 6.06. The molecule has 0 aromatic rings. The van der Waals surface area contributed by atoms with Crippen molar-refractivity contribution in [1.29, 1.82) is 0 Å². The summed E-state index contributed by atoms with van der Waals surface area (Å²) in [5, 5.41) is 0. The second-order valence-electron chi connectivity index (χ2n) is 3.06. The summed E-state index contributed by atoms with van der Waals surface area (Å²) in [6, 6.07) is 0. The highest BCUT2D eigenvalue weighted by atomic mass is 16.6. The highest BCUT2D eigenvalue weighted by Crippen LogP contribution is 2.19. The van der Waals surface area contributed by atoms with Crippen LogP contribution in [0.25, 0.3) is 0 Å². The first kappa shape index (κ1) is 9.71. The Hall–Kier alpha value is -1.38. The van der Waals surface area contributed by atoms with Crippen LogP contribution < -0.4 is 0 Å². The topological polar surface area (TPSA) is 43.4 Å². The molecule has 0 spiro atoms. The van der Waals surface area contributed by atoms with E-state index in [4.69, 9.17) is 0 Å². The predicted octanol–water partition coefficient (Wildman–Crippen LogP) is 1.74. The Morgan fingerprint density at radius 2 is 2.00 bits per heavy atom. The first-order valence-corrected chi connectivity index (χ1v) is 4.20. The molecule has 0 saturated carbocycles. The van der Waals surface area contributed by atoms with Crippen LogP contribution in [0.2, 0.25) is 0 Å². The summed E-state index contributed by atoms with van der Waals surface area (Å²) in [7, 11) is 0. The molecule has 0 atom stereocenters. The minimum Gasteiger partial charge on any atom is -0.386 e. The van der Waals surface area contributed by atoms with Crippen molar-refractivity contribution in [2.24, 2.45) is 0 Å². The van der Waals surface area contributed by atoms with E-state index in [0.717, 1.165) is 12.0 Å². The highest BCUT2D eigenvalue weighted by Gasteiger charge is 2.27. The lowest BCUT2D eigenvalue weighted by molar-refractivity contribution is -0.150. The molecule has 0 N–H and O–H groups in total. The molecule has 1 rings (SSSR count). The molecule has 1 heterocycles. The molecule has 3 heteroatoms. The Morgan fingerprint density at radius 1 is 1.38 bits per heavy atom. The van der Waals surface area contributed by atoms with Crippen LogP contribution in [0.5, 0.6) is 0 Å². The number of allylic oxidation sites excluding steroid dienone is 1. The number of ether oxygens (including phenoxy) is 1. The van der Waals surface area contributed by atoms with Gasteiger partial charge in [-0.2, -0.15) is 0 Å². The van der Waals surface area contributed by atoms with Crippen LogP contribution in [0, 0.1) is 0 Å². The van der Waals surface area contributed by atoms with E-state index in [0.29, 0.717) is 11.1 Å². The van der Waals surface area contributed by atoms with Crippen molar-refractivity contribution >= 4 is 11.9 Å². The van der Waals surface area contributed by atoms with Crippen molar-refractivity contribution in [1.82, 2.24) is 0 Å². The second kappa shape index (κ2) is 3.56. The molecular formula is C10H12O3. The first-order valence-electron chi connectivity index (χ1n) is 4.20. The van der Waals surface area contributed by atoms with E-state index >= 15 is 0 Å². The summed E-state index contributed by atoms with van der Waals surface area (Å²) in [4.78, 5) is 22.0. The molecule has 0 bridgehead atoms. The molecule has 70 valence electrons. The minimum absolute atomic E-state index is 0.393. The Morgan fingerprint density at radius 3 is 2.38 bits per heavy atom. The van der Waals surface area contributed by atoms with E-state index in [1.165, 1.54) is 0 Å². The van der Waals surface area contributed by atoms with Gasteiger partial charge >= 0.3 is 11.9 Å². The standard InChI is InChI=1S/C10H12O3/c1-4-6(2)5-8-7(3)9(11)13-10(8)12/h5H,4H2,1-3H3/b6-5-. The van der Waals surface area contributed by atoms with Crippen molar-refractivity contribution in [3.8, 4) is 0 Å². The Labute approximate surface area is 77.1 Å². The van der Waals surface area contributed by atoms with Gasteiger partial charge in [0.25, 0.3) is 0 Å². The van der Waals surface area contributed by atoms with Crippen LogP contribution in [0.15, 0.2) is 22.8 Å². The fourth-order valence-electron chi connectivity index (χ4n) is 0.994. The number of carbonyl (C=O) groups excluding carboxylic acids is 2. The van der Waals surface area contributed by atoms with Gasteiger partial charge < -0.3 is 4.74 Å². The maximum atomic E-state index is 11.1. The molecule has 3 nitrogen and oxygen atoms in total. The smallest absolute Gasteiger partial charge is 0.346 e. The van der Waals surface area contributed by atoms with Gasteiger partial charge in [0.1, 0.15) is 0 Å². The van der Waals surface area contributed by atoms with Gasteiger partial charge in [0.05, 0.1) is 5.57 Å². The quantitative estimate of drug-likeness (QED) is 0.480. The number of hydrogen-bond acceptors (Lipinski definition) is 3. The zero-order valence-corrected chi connectivity index (χ0v) is 8.01. The van der Waals surface area contributed by atoms with Crippen LogP contribution in [-0.2, 0) is 14.3 Å². The predicted molar refractivity (Wildman–Crippen MR) is 47.8 cm³/mol. The molecule has 0 aromatic heterocycles. The van der Waals surface area contributed by atoms with E-state index in [1.54, 1.807) is 13.0 Å². The lowest BCUT2D eigenvalue weighted by Crippen LogP contribution is -2.01. The summed E-state index contributed by atoms with van der Waals surface area (Å²) in [6.45, 7) is 5.50. The lowest BCUT2D eigenvalue weighted by atomic mass is 10.1. The van der Waals surface area contributed by atoms with Crippen molar-refractivity contribution in [2.75, 3.05) is 0 Å². The average Bonchev–Trinajstić information content (AvgIpc) is 2.32. The third kappa shape index (κ3) is 1.86. The lowest BCUT2D eigenvalue weighted by Gasteiger charge is -1.94. The summed E-state index contributed by atoms with van der Waals surface area (Å²) >= 11 is 0. The maximum absolute atomic E-state index is 11.1. The SMILES string of the molecule is CC/C(C)=C\C1=C(C)C(=O)OC1=O. The third-order valence-electron chi connectivity index (χ3n) is 2.06. The van der Waals surface area contributed by atoms with Crippen LogP contribution in [-0.4, -0.2) is 11.9 Å². The fraction of sp³-hybridized carbons (Fsp3) is 0.400. The van der Waals surface area contributed by atoms with E-state index in [1.807, 2.05) is 13.8 Å². The molecular weight excluding hydrogens is 168 g/mol. The maximum Gasteiger partial charge on any atom is 0.346 e. The molecule has 0 amide bonds. The molecule has 0 radical (unpaired) electrons. The van der Waals surface area contributed by atoms with E-state index in [2.05, 4.69) is 4.74 Å². The van der Waals surface area contributed by atoms with Gasteiger partial charge in [-0.15, -0.1) is 0 Å². The summed E-state index contributed by atoms with van der Waals surface area (Å²) in [5.74, 6) is -1.06. The average molecular weight is 180 g/mol. The Balaban J connectivity index is 3.03. The number of cyclic esters (lactones) is 2. The molecule has 0 aliphatic carbocycles. The number of hydrogen-bond donors (Lipinski definition) is 0. The zero-order valence-electron chi connectivity index (χ0n) is 8.01. The Kier molecular flexibility index (Phi) is 2.66. The van der Waals surface area contributed by atoms with Gasteiger partial charge in [-0.25, -0.2) is 9.59 Å². The molecule has 0 saturated heterocycles. The van der Waals surface area contributed by atoms with E-state index in [9.17, 15) is 9.59 Å². The number of esters is 2. The van der Waals surface area contributed by atoms with Gasteiger partial charge in [0, 0.05) is 5.57 Å². The fourth-order valence-corrected chi connectivity index (χ4v) is 0.994. The molecule has 0 aromatic carbocycles. The third-order valence-corrected chi connectivity index (χ3v) is 2.06. The summed E-state index contributed by atoms with van der Waals surface area (Å²) < 4.78 is 4.43. The van der Waals surface area contributed by atoms with Crippen LogP contribution in [0.4, 0.5) is 0 Å². The van der Waals surface area contributed by atoms with Crippen molar-refractivity contribution in [3.63, 3.8) is 0 Å². The summed E-state index contributed by atoms with van der Waals surface area (Å²) in [6.07, 6.45) is 2.57. The normalized spacial score (nSPS) is 18.2. The van der Waals surface area contributed by atoms with Crippen LogP contribution in [0.3, 0.4) is 0 Å². The van der Waals surface area contributed by atoms with Gasteiger partial charge in [0.2, 0.25) is 0 Å². The number of rotatable bonds is 2. The largest absolute Gasteiger partial charge is 0.386 e. The highest BCUT2D eigenvalue weighted by molar-refractivity contribution is 6.13. The van der Waals surface area contributed by atoms with Crippen molar-refractivity contribution in [3.05, 3.63) is 22.8 Å². The van der Waals surface area contributed by atoms with Crippen molar-refractivity contribution < 1.29 is 14.3 Å². The van der Waals surface area contributed by atoms with Crippen molar-refractivity contribution in [2.45, 2.75) is 27.2 Å². The van der Waals surface area contributed by atoms with Gasteiger partial charge in [-0.3, -0.25) is 0 Å². The second-order valence-corrected chi connectivity index (χ2v) is 3.06. The minimum atomic E-state index is -0.532. The monoisotopic (exact) mass is 180 g/mol. The molecule has 1 aliphatic rings. The van der Waals surface area contributed by atoms with Gasteiger partial charge in [-0.05, 0) is 26.3 Å².